The van der Waals surface area contributed by atoms with Crippen LogP contribution in [0.2, 0.25) is 0 Å². The summed E-state index contributed by atoms with van der Waals surface area (Å²) >= 11 is 0. The monoisotopic (exact) mass is 464 g/mol. The van der Waals surface area contributed by atoms with Crippen LogP contribution in [0, 0.1) is 0 Å². The van der Waals surface area contributed by atoms with Crippen LogP contribution in [0.15, 0.2) is 79.8 Å². The lowest BCUT2D eigenvalue weighted by atomic mass is 9.91. The van der Waals surface area contributed by atoms with Crippen LogP contribution in [0.1, 0.15) is 28.3 Å². The van der Waals surface area contributed by atoms with E-state index in [2.05, 4.69) is 26.8 Å². The number of hydrogen-bond donors (Lipinski definition) is 2. The molecule has 1 unspecified atom stereocenters. The van der Waals surface area contributed by atoms with Crippen molar-refractivity contribution in [3.63, 3.8) is 0 Å². The highest BCUT2D eigenvalue weighted by Gasteiger charge is 2.28. The Balaban J connectivity index is 1.51. The molecule has 5 rings (SSSR count). The van der Waals surface area contributed by atoms with E-state index in [1.165, 1.54) is 12.4 Å². The minimum absolute atomic E-state index is 0.0653. The number of nitrogens with zero attached hydrogens (tertiary/aromatic N) is 4. The molecule has 1 fully saturated rings. The molecule has 0 spiro atoms. The van der Waals surface area contributed by atoms with Crippen LogP contribution in [-0.2, 0) is 4.79 Å². The van der Waals surface area contributed by atoms with Crippen LogP contribution in [0.4, 0.5) is 11.6 Å². The van der Waals surface area contributed by atoms with Crippen LogP contribution in [0.25, 0.3) is 22.0 Å². The number of rotatable bonds is 5. The van der Waals surface area contributed by atoms with E-state index in [1.807, 2.05) is 42.5 Å². The van der Waals surface area contributed by atoms with E-state index in [1.54, 1.807) is 23.2 Å². The molecular weight excluding hydrogens is 440 g/mol. The molecule has 0 bridgehead atoms. The van der Waals surface area contributed by atoms with Crippen molar-refractivity contribution in [2.75, 3.05) is 24.1 Å². The van der Waals surface area contributed by atoms with Crippen LogP contribution in [-0.4, -0.2) is 44.8 Å². The van der Waals surface area contributed by atoms with Gasteiger partial charge in [-0.15, -0.1) is 0 Å². The number of nitrogen functional groups attached to an aromatic ring is 1. The largest absolute Gasteiger partial charge is 0.383 e. The first kappa shape index (κ1) is 22.2. The van der Waals surface area contributed by atoms with Gasteiger partial charge >= 0.3 is 0 Å². The first-order valence-electron chi connectivity index (χ1n) is 11.3. The molecule has 2 amide bonds. The summed E-state index contributed by atoms with van der Waals surface area (Å²) in [7, 11) is 0. The fourth-order valence-electron chi connectivity index (χ4n) is 4.58. The van der Waals surface area contributed by atoms with Gasteiger partial charge in [0.2, 0.25) is 5.91 Å². The molecule has 2 aromatic carbocycles. The number of carbonyl (C=O) groups is 2. The first-order valence-corrected chi connectivity index (χ1v) is 11.3. The second kappa shape index (κ2) is 9.34. The zero-order valence-corrected chi connectivity index (χ0v) is 19.0. The number of fused-ring (bicyclic) bond motifs is 1. The van der Waals surface area contributed by atoms with Crippen LogP contribution < -0.4 is 11.1 Å². The summed E-state index contributed by atoms with van der Waals surface area (Å²) in [6.45, 7) is 4.87. The van der Waals surface area contributed by atoms with E-state index in [-0.39, 0.29) is 17.7 Å². The number of likely N-dealkylation sites (tertiary alicyclic amines) is 1. The summed E-state index contributed by atoms with van der Waals surface area (Å²) in [5.74, 6) is 0.638. The van der Waals surface area contributed by atoms with Gasteiger partial charge in [0, 0.05) is 30.8 Å². The lowest BCUT2D eigenvalue weighted by molar-refractivity contribution is -0.125. The van der Waals surface area contributed by atoms with Gasteiger partial charge in [0.1, 0.15) is 18.0 Å². The fourth-order valence-corrected chi connectivity index (χ4v) is 4.58. The Morgan fingerprint density at radius 3 is 2.71 bits per heavy atom. The van der Waals surface area contributed by atoms with E-state index in [4.69, 9.17) is 5.73 Å². The summed E-state index contributed by atoms with van der Waals surface area (Å²) < 4.78 is 0. The molecule has 3 heterocycles. The van der Waals surface area contributed by atoms with E-state index in [0.717, 1.165) is 34.0 Å². The SMILES string of the molecule is C=CC(=O)N1CCC(c2ccc(-c3ccnc(NC(=O)c4ccccc4)c3)c3c(N)ncnc23)C1. The topological polar surface area (TPSA) is 114 Å². The summed E-state index contributed by atoms with van der Waals surface area (Å²) in [5.41, 5.74) is 10.4. The second-order valence-electron chi connectivity index (χ2n) is 8.41. The summed E-state index contributed by atoms with van der Waals surface area (Å²) in [4.78, 5) is 39.6. The zero-order chi connectivity index (χ0) is 24.4. The molecule has 0 aliphatic carbocycles. The van der Waals surface area contributed by atoms with E-state index in [9.17, 15) is 9.59 Å². The highest BCUT2D eigenvalue weighted by molar-refractivity contribution is 6.05. The molecule has 35 heavy (non-hydrogen) atoms. The molecule has 4 aromatic rings. The van der Waals surface area contributed by atoms with Gasteiger partial charge in [-0.1, -0.05) is 36.9 Å². The Kier molecular flexibility index (Phi) is 5.93. The Morgan fingerprint density at radius 2 is 1.91 bits per heavy atom. The quantitative estimate of drug-likeness (QED) is 0.431. The van der Waals surface area contributed by atoms with Gasteiger partial charge in [-0.05, 0) is 53.5 Å². The number of nitrogens with one attached hydrogen (secondary N) is 1. The zero-order valence-electron chi connectivity index (χ0n) is 19.0. The molecule has 0 saturated carbocycles. The molecule has 8 nitrogen and oxygen atoms in total. The summed E-state index contributed by atoms with van der Waals surface area (Å²) in [5, 5.41) is 3.59. The lowest BCUT2D eigenvalue weighted by Gasteiger charge is -2.17. The third kappa shape index (κ3) is 4.33. The van der Waals surface area contributed by atoms with Crippen molar-refractivity contribution in [3.05, 3.63) is 90.9 Å². The molecule has 174 valence electrons. The van der Waals surface area contributed by atoms with Crippen molar-refractivity contribution in [1.29, 1.82) is 0 Å². The molecule has 2 aromatic heterocycles. The average molecular weight is 465 g/mol. The molecular formula is C27H24N6O2. The van der Waals surface area contributed by atoms with E-state index >= 15 is 0 Å². The fraction of sp³-hybridized carbons (Fsp3) is 0.148. The van der Waals surface area contributed by atoms with Gasteiger partial charge in [0.15, 0.2) is 0 Å². The minimum Gasteiger partial charge on any atom is -0.383 e. The molecule has 1 aliphatic heterocycles. The maximum Gasteiger partial charge on any atom is 0.256 e. The normalized spacial score (nSPS) is 15.2. The Hall–Kier alpha value is -4.59. The van der Waals surface area contributed by atoms with Crippen molar-refractivity contribution in [2.45, 2.75) is 12.3 Å². The van der Waals surface area contributed by atoms with Crippen LogP contribution in [0.3, 0.4) is 0 Å². The number of aromatic nitrogens is 3. The van der Waals surface area contributed by atoms with Gasteiger partial charge in [-0.25, -0.2) is 15.0 Å². The van der Waals surface area contributed by atoms with Gasteiger partial charge in [-0.2, -0.15) is 0 Å². The van der Waals surface area contributed by atoms with Gasteiger partial charge in [0.05, 0.1) is 10.9 Å². The predicted molar refractivity (Wildman–Crippen MR) is 136 cm³/mol. The maximum atomic E-state index is 12.6. The highest BCUT2D eigenvalue weighted by atomic mass is 16.2. The smallest absolute Gasteiger partial charge is 0.256 e. The predicted octanol–water partition coefficient (Wildman–Crippen LogP) is 4.03. The first-order chi connectivity index (χ1) is 17.0. The van der Waals surface area contributed by atoms with E-state index in [0.29, 0.717) is 30.3 Å². The maximum absolute atomic E-state index is 12.6. The van der Waals surface area contributed by atoms with Crippen molar-refractivity contribution in [3.8, 4) is 11.1 Å². The molecule has 1 atom stereocenters. The van der Waals surface area contributed by atoms with Crippen LogP contribution >= 0.6 is 0 Å². The molecule has 3 N–H and O–H groups in total. The number of pyridine rings is 1. The summed E-state index contributed by atoms with van der Waals surface area (Å²) in [6, 6.07) is 16.7. The van der Waals surface area contributed by atoms with Gasteiger partial charge < -0.3 is 16.0 Å². The molecule has 1 saturated heterocycles. The van der Waals surface area contributed by atoms with Gasteiger partial charge in [0.25, 0.3) is 5.91 Å². The van der Waals surface area contributed by atoms with Crippen molar-refractivity contribution < 1.29 is 9.59 Å². The third-order valence-electron chi connectivity index (χ3n) is 6.31. The standard InChI is InChI=1S/C27H24N6O2/c1-2-23(34)33-13-11-19(15-33)21-9-8-20(24-25(21)30-16-31-26(24)28)18-10-12-29-22(14-18)32-27(35)17-6-4-3-5-7-17/h2-10,12,14,16,19H,1,11,13,15H2,(H2,28,30,31)(H,29,32,35). The Bertz CT molecular complexity index is 1440. The molecule has 0 radical (unpaired) electrons. The lowest BCUT2D eigenvalue weighted by Crippen LogP contribution is -2.26. The Morgan fingerprint density at radius 1 is 1.09 bits per heavy atom. The van der Waals surface area contributed by atoms with Crippen molar-refractivity contribution in [1.82, 2.24) is 19.9 Å². The van der Waals surface area contributed by atoms with Crippen molar-refractivity contribution >= 4 is 34.4 Å². The number of nitrogens with two attached hydrogens (primary N) is 1. The minimum atomic E-state index is -0.238. The Labute approximate surface area is 202 Å². The number of anilines is 2. The second-order valence-corrected chi connectivity index (χ2v) is 8.41. The van der Waals surface area contributed by atoms with Crippen LogP contribution in [0.5, 0.6) is 0 Å². The number of benzene rings is 2. The average Bonchev–Trinajstić information content (AvgIpc) is 3.38. The third-order valence-corrected chi connectivity index (χ3v) is 6.31. The number of amides is 2. The molecule has 1 aliphatic rings. The highest BCUT2D eigenvalue weighted by Crippen LogP contribution is 2.38. The number of hydrogen-bond acceptors (Lipinski definition) is 6. The number of carbonyl (C=O) groups excluding carboxylic acids is 2. The molecule has 8 heteroatoms. The van der Waals surface area contributed by atoms with Crippen molar-refractivity contribution in [2.24, 2.45) is 0 Å². The van der Waals surface area contributed by atoms with Gasteiger partial charge in [-0.3, -0.25) is 9.59 Å². The summed E-state index contributed by atoms with van der Waals surface area (Å²) in [6.07, 6.45) is 5.29. The van der Waals surface area contributed by atoms with E-state index < -0.39 is 0 Å².